The summed E-state index contributed by atoms with van der Waals surface area (Å²) in [4.78, 5) is 20.2. The molecule has 27 heavy (non-hydrogen) atoms. The molecule has 0 bridgehead atoms. The first-order valence-corrected chi connectivity index (χ1v) is 10.5. The van der Waals surface area contributed by atoms with E-state index in [0.29, 0.717) is 22.3 Å². The van der Waals surface area contributed by atoms with Gasteiger partial charge in [0.15, 0.2) is 10.3 Å². The molecule has 0 aromatic carbocycles. The molecule has 1 aliphatic rings. The normalized spacial score (nSPS) is 16.8. The van der Waals surface area contributed by atoms with Crippen LogP contribution in [0.2, 0.25) is 0 Å². The van der Waals surface area contributed by atoms with E-state index in [1.807, 2.05) is 6.07 Å². The molecule has 7 nitrogen and oxygen atoms in total. The average molecular weight is 404 g/mol. The van der Waals surface area contributed by atoms with Crippen molar-refractivity contribution in [3.8, 4) is 0 Å². The Bertz CT molecular complexity index is 757. The highest BCUT2D eigenvalue weighted by Gasteiger charge is 2.21. The zero-order chi connectivity index (χ0) is 19.1. The number of rotatable bonds is 6. The van der Waals surface area contributed by atoms with E-state index in [1.54, 1.807) is 18.5 Å². The molecule has 3 rings (SSSR count). The van der Waals surface area contributed by atoms with Crippen LogP contribution in [-0.2, 0) is 0 Å². The van der Waals surface area contributed by atoms with Crippen LogP contribution in [0, 0.1) is 0 Å². The van der Waals surface area contributed by atoms with E-state index in [-0.39, 0.29) is 0 Å². The summed E-state index contributed by atoms with van der Waals surface area (Å²) < 4.78 is 0. The molecule has 0 spiro atoms. The minimum atomic E-state index is 0.456. The number of hydrogen-bond donors (Lipinski definition) is 2. The van der Waals surface area contributed by atoms with Crippen molar-refractivity contribution in [2.75, 3.05) is 23.3 Å². The van der Waals surface area contributed by atoms with Gasteiger partial charge in [0.25, 0.3) is 0 Å². The third-order valence-electron chi connectivity index (χ3n) is 4.29. The van der Waals surface area contributed by atoms with Crippen molar-refractivity contribution in [2.45, 2.75) is 55.8 Å². The summed E-state index contributed by atoms with van der Waals surface area (Å²) in [5.41, 5.74) is 0. The van der Waals surface area contributed by atoms with Gasteiger partial charge < -0.3 is 15.5 Å². The number of nitrogens with zero attached hydrogens (tertiary/aromatic N) is 5. The van der Waals surface area contributed by atoms with E-state index in [0.717, 1.165) is 30.4 Å². The molecule has 9 heteroatoms. The fourth-order valence-electron chi connectivity index (χ4n) is 2.92. The molecule has 0 radical (unpaired) electrons. The van der Waals surface area contributed by atoms with Gasteiger partial charge in [0, 0.05) is 37.6 Å². The van der Waals surface area contributed by atoms with Gasteiger partial charge in [-0.2, -0.15) is 4.98 Å². The first-order chi connectivity index (χ1) is 13.2. The number of hydrogen-bond acceptors (Lipinski definition) is 7. The molecule has 2 N–H and O–H groups in total. The van der Waals surface area contributed by atoms with Gasteiger partial charge in [-0.25, -0.2) is 15.0 Å². The highest BCUT2D eigenvalue weighted by atomic mass is 32.2. The van der Waals surface area contributed by atoms with E-state index in [9.17, 15) is 0 Å². The molecule has 1 saturated heterocycles. The quantitative estimate of drug-likeness (QED) is 0.428. The number of nitrogens with one attached hydrogen (secondary N) is 2. The summed E-state index contributed by atoms with van der Waals surface area (Å²) in [5, 5.41) is 8.26. The summed E-state index contributed by atoms with van der Waals surface area (Å²) in [6.45, 7) is 6.16. The molecule has 1 atom stereocenters. The van der Waals surface area contributed by atoms with E-state index in [1.165, 1.54) is 31.0 Å². The van der Waals surface area contributed by atoms with E-state index in [4.69, 9.17) is 17.2 Å². The lowest BCUT2D eigenvalue weighted by molar-refractivity contribution is 0.480. The second kappa shape index (κ2) is 9.80. The lowest BCUT2D eigenvalue weighted by Crippen LogP contribution is -2.38. The van der Waals surface area contributed by atoms with Crippen LogP contribution in [0.5, 0.6) is 0 Å². The third-order valence-corrected chi connectivity index (χ3v) is 5.34. The Kier molecular flexibility index (Phi) is 7.17. The smallest absolute Gasteiger partial charge is 0.232 e. The van der Waals surface area contributed by atoms with Crippen molar-refractivity contribution in [2.24, 2.45) is 0 Å². The van der Waals surface area contributed by atoms with Crippen LogP contribution < -0.4 is 15.5 Å². The molecule has 1 aliphatic heterocycles. The number of anilines is 2. The first kappa shape index (κ1) is 19.8. The van der Waals surface area contributed by atoms with Crippen LogP contribution in [0.4, 0.5) is 11.8 Å². The number of piperidine rings is 1. The van der Waals surface area contributed by atoms with Gasteiger partial charge in [-0.15, -0.1) is 0 Å². The second-order valence-electron chi connectivity index (χ2n) is 6.44. The van der Waals surface area contributed by atoms with Crippen molar-refractivity contribution in [1.29, 1.82) is 0 Å². The monoisotopic (exact) mass is 403 g/mol. The second-order valence-corrected chi connectivity index (χ2v) is 7.84. The van der Waals surface area contributed by atoms with Gasteiger partial charge in [-0.3, -0.25) is 0 Å². The minimum Gasteiger partial charge on any atom is -0.362 e. The standard InChI is InChI=1S/C18H25N7S2/c1-3-8-19-17(26)24-16-22-14(25-11-5-4-7-13(25)2)12-15(23-16)27-18-20-9-6-10-21-18/h6,9-10,12-13H,3-5,7-8,11H2,1-2H3,(H2,19,22,23,24,26). The van der Waals surface area contributed by atoms with Crippen LogP contribution in [0.25, 0.3) is 0 Å². The van der Waals surface area contributed by atoms with Gasteiger partial charge in [-0.1, -0.05) is 6.92 Å². The summed E-state index contributed by atoms with van der Waals surface area (Å²) in [6.07, 6.45) is 8.07. The fourth-order valence-corrected chi connectivity index (χ4v) is 3.83. The van der Waals surface area contributed by atoms with Crippen molar-refractivity contribution in [3.05, 3.63) is 24.5 Å². The molecular formula is C18H25N7S2. The maximum atomic E-state index is 5.35. The van der Waals surface area contributed by atoms with Crippen LogP contribution >= 0.6 is 24.0 Å². The van der Waals surface area contributed by atoms with E-state index >= 15 is 0 Å². The highest BCUT2D eigenvalue weighted by Crippen LogP contribution is 2.29. The topological polar surface area (TPSA) is 78.9 Å². The van der Waals surface area contributed by atoms with Crippen LogP contribution in [0.1, 0.15) is 39.5 Å². The van der Waals surface area contributed by atoms with E-state index < -0.39 is 0 Å². The van der Waals surface area contributed by atoms with Gasteiger partial charge in [0.2, 0.25) is 5.95 Å². The SMILES string of the molecule is CCCNC(=S)Nc1nc(Sc2ncccn2)cc(N2CCCCC2C)n1. The maximum absolute atomic E-state index is 5.35. The van der Waals surface area contributed by atoms with Gasteiger partial charge in [0.1, 0.15) is 10.8 Å². The Morgan fingerprint density at radius 1 is 1.30 bits per heavy atom. The zero-order valence-electron chi connectivity index (χ0n) is 15.7. The molecule has 144 valence electrons. The molecule has 1 fully saturated rings. The van der Waals surface area contributed by atoms with Gasteiger partial charge in [0.05, 0.1) is 0 Å². The largest absolute Gasteiger partial charge is 0.362 e. The van der Waals surface area contributed by atoms with Crippen LogP contribution in [-0.4, -0.2) is 44.2 Å². The average Bonchev–Trinajstić information content (AvgIpc) is 2.67. The molecule has 0 saturated carbocycles. The van der Waals surface area contributed by atoms with Crippen molar-refractivity contribution >= 4 is 40.9 Å². The zero-order valence-corrected chi connectivity index (χ0v) is 17.3. The molecule has 2 aromatic rings. The van der Waals surface area contributed by atoms with Gasteiger partial charge in [-0.05, 0) is 62.7 Å². The van der Waals surface area contributed by atoms with Gasteiger partial charge >= 0.3 is 0 Å². The molecule has 0 amide bonds. The predicted molar refractivity (Wildman–Crippen MR) is 113 cm³/mol. The fraction of sp³-hybridized carbons (Fsp3) is 0.500. The lowest BCUT2D eigenvalue weighted by Gasteiger charge is -2.34. The van der Waals surface area contributed by atoms with E-state index in [2.05, 4.69) is 44.3 Å². The summed E-state index contributed by atoms with van der Waals surface area (Å²) in [7, 11) is 0. The Labute approximate surface area is 169 Å². The number of aromatic nitrogens is 4. The summed E-state index contributed by atoms with van der Waals surface area (Å²) >= 11 is 6.77. The van der Waals surface area contributed by atoms with Crippen molar-refractivity contribution in [1.82, 2.24) is 25.3 Å². The van der Waals surface area contributed by atoms with Crippen molar-refractivity contribution < 1.29 is 0 Å². The Morgan fingerprint density at radius 2 is 2.11 bits per heavy atom. The van der Waals surface area contributed by atoms with Crippen LogP contribution in [0.3, 0.4) is 0 Å². The number of thiocarbonyl (C=S) groups is 1. The maximum Gasteiger partial charge on any atom is 0.232 e. The third kappa shape index (κ3) is 5.74. The summed E-state index contributed by atoms with van der Waals surface area (Å²) in [5.74, 6) is 1.41. The molecule has 2 aromatic heterocycles. The van der Waals surface area contributed by atoms with Crippen LogP contribution in [0.15, 0.2) is 34.7 Å². The van der Waals surface area contributed by atoms with Crippen molar-refractivity contribution in [3.63, 3.8) is 0 Å². The first-order valence-electron chi connectivity index (χ1n) is 9.31. The predicted octanol–water partition coefficient (Wildman–Crippen LogP) is 3.49. The Balaban J connectivity index is 1.85. The summed E-state index contributed by atoms with van der Waals surface area (Å²) in [6, 6.07) is 4.27. The minimum absolute atomic E-state index is 0.456. The molecule has 0 aliphatic carbocycles. The lowest BCUT2D eigenvalue weighted by atomic mass is 10.0. The Hall–Kier alpha value is -2.00. The molecule has 1 unspecified atom stereocenters. The molecular weight excluding hydrogens is 378 g/mol. The molecule has 3 heterocycles. The Morgan fingerprint density at radius 3 is 2.85 bits per heavy atom. The highest BCUT2D eigenvalue weighted by molar-refractivity contribution is 7.99.